The number of primary amides is 1. The van der Waals surface area contributed by atoms with Crippen molar-refractivity contribution in [2.45, 2.75) is 70.1 Å². The van der Waals surface area contributed by atoms with Crippen LogP contribution in [0.5, 0.6) is 5.75 Å². The first-order valence-electron chi connectivity index (χ1n) is 13.3. The van der Waals surface area contributed by atoms with E-state index in [1.54, 1.807) is 6.07 Å². The average Bonchev–Trinajstić information content (AvgIpc) is 3.00. The number of rotatable bonds is 11. The normalized spacial score (nSPS) is 19.8. The number of unbranched alkanes of at least 4 members (excludes halogenated alkanes) is 4. The molecule has 7 heteroatoms. The first-order chi connectivity index (χ1) is 17.4. The Morgan fingerprint density at radius 1 is 1.17 bits per heavy atom. The minimum Gasteiger partial charge on any atom is -0.490 e. The number of carbonyl (C=O) groups excluding carboxylic acids is 1. The number of carbonyl (C=O) groups is 1. The number of amides is 1. The highest BCUT2D eigenvalue weighted by molar-refractivity contribution is 6.30. The Morgan fingerprint density at radius 3 is 2.78 bits per heavy atom. The van der Waals surface area contributed by atoms with Crippen LogP contribution < -0.4 is 21.3 Å². The Hall–Kier alpha value is -2.28. The number of fused-ring (bicyclic) bond motifs is 3. The van der Waals surface area contributed by atoms with E-state index >= 15 is 0 Å². The van der Waals surface area contributed by atoms with Gasteiger partial charge in [0.05, 0.1) is 18.9 Å². The molecule has 2 aliphatic rings. The van der Waals surface area contributed by atoms with Crippen LogP contribution in [-0.4, -0.2) is 32.2 Å². The highest BCUT2D eigenvalue weighted by atomic mass is 35.5. The highest BCUT2D eigenvalue weighted by Crippen LogP contribution is 2.44. The molecule has 1 amide bonds. The number of aryl methyl sites for hydroxylation is 1. The topological polar surface area (TPSA) is 90.8 Å². The first kappa shape index (κ1) is 26.8. The molecule has 0 unspecified atom stereocenters. The summed E-state index contributed by atoms with van der Waals surface area (Å²) in [6, 6.07) is 11.9. The number of ether oxygens (including phenoxy) is 1. The molecule has 4 rings (SSSR count). The molecule has 1 aliphatic heterocycles. The first-order valence-corrected chi connectivity index (χ1v) is 13.7. The molecule has 6 nitrogen and oxygen atoms in total. The van der Waals surface area contributed by atoms with Gasteiger partial charge >= 0.3 is 0 Å². The van der Waals surface area contributed by atoms with Crippen LogP contribution in [0, 0.1) is 5.92 Å². The minimum absolute atomic E-state index is 0.106. The van der Waals surface area contributed by atoms with E-state index in [4.69, 9.17) is 32.8 Å². The van der Waals surface area contributed by atoms with Crippen LogP contribution in [0.3, 0.4) is 0 Å². The van der Waals surface area contributed by atoms with E-state index < -0.39 is 5.91 Å². The van der Waals surface area contributed by atoms with Crippen LogP contribution >= 0.6 is 11.6 Å². The second kappa shape index (κ2) is 12.3. The zero-order chi connectivity index (χ0) is 25.5. The lowest BCUT2D eigenvalue weighted by molar-refractivity contribution is 0.1000. The Morgan fingerprint density at radius 2 is 1.97 bits per heavy atom. The number of hydrogen-bond donors (Lipinski definition) is 2. The van der Waals surface area contributed by atoms with Crippen molar-refractivity contribution >= 4 is 23.2 Å². The van der Waals surface area contributed by atoms with Gasteiger partial charge in [-0.1, -0.05) is 50.3 Å². The van der Waals surface area contributed by atoms with Crippen LogP contribution in [0.1, 0.15) is 79.8 Å². The van der Waals surface area contributed by atoms with Gasteiger partial charge < -0.3 is 20.2 Å². The monoisotopic (exact) mass is 513 g/mol. The summed E-state index contributed by atoms with van der Waals surface area (Å²) in [6.07, 6.45) is 10.3. The summed E-state index contributed by atoms with van der Waals surface area (Å²) >= 11 is 6.34. The lowest BCUT2D eigenvalue weighted by Gasteiger charge is -2.41. The average molecular weight is 514 g/mol. The summed E-state index contributed by atoms with van der Waals surface area (Å²) < 4.78 is 6.45. The molecule has 36 heavy (non-hydrogen) atoms. The molecule has 4 N–H and O–H groups in total. The molecule has 2 aromatic carbocycles. The van der Waals surface area contributed by atoms with E-state index in [9.17, 15) is 4.79 Å². The SMILES string of the molecule is C[C@@H](CCCCCCCN1C[C@@]2(CCCc3cc(Cl)ccc32)COc2ccc(C(N)=O)cc21)CON. The lowest BCUT2D eigenvalue weighted by Crippen LogP contribution is -2.46. The fraction of sp³-hybridized carbons (Fsp3) is 0.552. The van der Waals surface area contributed by atoms with Crippen LogP contribution in [0.15, 0.2) is 36.4 Å². The largest absolute Gasteiger partial charge is 0.490 e. The van der Waals surface area contributed by atoms with Gasteiger partial charge in [0.1, 0.15) is 5.75 Å². The standard InChI is InChI=1S/C29H40ClN3O3/c1-21(18-36-32)8-5-3-2-4-6-15-33-19-29(14-7-9-22-16-24(30)11-12-25(22)29)20-35-27-13-10-23(28(31)34)17-26(27)33/h10-13,16-17,21H,2-9,14-15,18-20,32H2,1H3,(H2,31,34)/t21-,29-/m0/s1. The maximum Gasteiger partial charge on any atom is 0.248 e. The Kier molecular flexibility index (Phi) is 9.15. The third kappa shape index (κ3) is 6.34. The van der Waals surface area contributed by atoms with Crippen molar-refractivity contribution in [1.29, 1.82) is 0 Å². The second-order valence-electron chi connectivity index (χ2n) is 10.7. The van der Waals surface area contributed by atoms with Gasteiger partial charge in [0.2, 0.25) is 5.91 Å². The van der Waals surface area contributed by atoms with Gasteiger partial charge in [-0.05, 0) is 79.5 Å². The van der Waals surface area contributed by atoms with E-state index in [-0.39, 0.29) is 5.41 Å². The van der Waals surface area contributed by atoms with Crippen molar-refractivity contribution in [3.05, 3.63) is 58.1 Å². The Bertz CT molecular complexity index is 1050. The van der Waals surface area contributed by atoms with Gasteiger partial charge in [-0.3, -0.25) is 4.79 Å². The molecule has 2 aromatic rings. The van der Waals surface area contributed by atoms with Crippen LogP contribution in [0.25, 0.3) is 0 Å². The third-order valence-electron chi connectivity index (χ3n) is 7.83. The lowest BCUT2D eigenvalue weighted by atomic mass is 9.70. The van der Waals surface area contributed by atoms with E-state index in [1.807, 2.05) is 18.2 Å². The van der Waals surface area contributed by atoms with Crippen molar-refractivity contribution in [2.75, 3.05) is 31.2 Å². The van der Waals surface area contributed by atoms with Gasteiger partial charge in [0.25, 0.3) is 0 Å². The predicted octanol–water partition coefficient (Wildman–Crippen LogP) is 5.78. The van der Waals surface area contributed by atoms with Crippen LogP contribution in [-0.2, 0) is 16.7 Å². The van der Waals surface area contributed by atoms with Crippen molar-refractivity contribution in [1.82, 2.24) is 0 Å². The zero-order valence-electron chi connectivity index (χ0n) is 21.4. The molecule has 1 heterocycles. The van der Waals surface area contributed by atoms with Crippen molar-refractivity contribution in [2.24, 2.45) is 17.5 Å². The summed E-state index contributed by atoms with van der Waals surface area (Å²) in [5.41, 5.74) is 9.69. The van der Waals surface area contributed by atoms with Crippen LogP contribution in [0.4, 0.5) is 5.69 Å². The number of nitrogens with two attached hydrogens (primary N) is 2. The molecule has 0 saturated carbocycles. The fourth-order valence-corrected chi connectivity index (χ4v) is 6.07. The molecule has 1 aliphatic carbocycles. The van der Waals surface area contributed by atoms with Crippen molar-refractivity contribution in [3.8, 4) is 5.75 Å². The molecular weight excluding hydrogens is 474 g/mol. The van der Waals surface area contributed by atoms with Crippen molar-refractivity contribution < 1.29 is 14.4 Å². The Labute approximate surface area is 220 Å². The highest BCUT2D eigenvalue weighted by Gasteiger charge is 2.41. The smallest absolute Gasteiger partial charge is 0.248 e. The van der Waals surface area contributed by atoms with Crippen LogP contribution in [0.2, 0.25) is 5.02 Å². The van der Waals surface area contributed by atoms with Gasteiger partial charge in [0, 0.05) is 29.1 Å². The fourth-order valence-electron chi connectivity index (χ4n) is 5.88. The van der Waals surface area contributed by atoms with E-state index in [0.717, 1.165) is 61.7 Å². The molecule has 196 valence electrons. The second-order valence-corrected chi connectivity index (χ2v) is 11.1. The maximum absolute atomic E-state index is 12.0. The summed E-state index contributed by atoms with van der Waals surface area (Å²) in [5.74, 6) is 6.10. The van der Waals surface area contributed by atoms with Gasteiger partial charge in [-0.2, -0.15) is 0 Å². The number of hydrogen-bond acceptors (Lipinski definition) is 5. The number of halogens is 1. The van der Waals surface area contributed by atoms with Gasteiger partial charge in [-0.15, -0.1) is 0 Å². The molecule has 0 radical (unpaired) electrons. The molecule has 2 atom stereocenters. The predicted molar refractivity (Wildman–Crippen MR) is 146 cm³/mol. The quantitative estimate of drug-likeness (QED) is 0.293. The minimum atomic E-state index is -0.413. The molecule has 0 fully saturated rings. The van der Waals surface area contributed by atoms with Gasteiger partial charge in [-0.25, -0.2) is 5.90 Å². The zero-order valence-corrected chi connectivity index (χ0v) is 22.2. The summed E-state index contributed by atoms with van der Waals surface area (Å²) in [5, 5.41) is 0.788. The Balaban J connectivity index is 1.48. The maximum atomic E-state index is 12.0. The number of nitrogens with zero attached hydrogens (tertiary/aromatic N) is 1. The molecular formula is C29H40ClN3O3. The number of anilines is 1. The van der Waals surface area contributed by atoms with Crippen molar-refractivity contribution in [3.63, 3.8) is 0 Å². The molecule has 0 bridgehead atoms. The summed E-state index contributed by atoms with van der Waals surface area (Å²) in [6.45, 7) is 5.19. The molecule has 0 aromatic heterocycles. The van der Waals surface area contributed by atoms with E-state index in [1.165, 1.54) is 36.8 Å². The van der Waals surface area contributed by atoms with Gasteiger partial charge in [0.15, 0.2) is 0 Å². The van der Waals surface area contributed by atoms with E-state index in [2.05, 4.69) is 24.0 Å². The molecule has 0 saturated heterocycles. The molecule has 1 spiro atoms. The third-order valence-corrected chi connectivity index (χ3v) is 8.06. The number of benzene rings is 2. The van der Waals surface area contributed by atoms with E-state index in [0.29, 0.717) is 24.7 Å². The summed E-state index contributed by atoms with van der Waals surface area (Å²) in [4.78, 5) is 19.1. The summed E-state index contributed by atoms with van der Waals surface area (Å²) in [7, 11) is 0.